The zero-order valence-electron chi connectivity index (χ0n) is 8.54. The number of carbonyl (C=O) groups is 1. The molecule has 1 atom stereocenters. The smallest absolute Gasteiger partial charge is 0.245 e. The lowest BCUT2D eigenvalue weighted by atomic mass is 9.98. The average molecular weight is 186 g/mol. The van der Waals surface area contributed by atoms with E-state index in [9.17, 15) is 4.79 Å². The standard InChI is InChI=1S/C9H18N2O2/c1-7(2)11(3)8(12)9(10)4-5-13-6-9/h7H,4-6,10H2,1-3H3. The first-order valence-corrected chi connectivity index (χ1v) is 4.61. The van der Waals surface area contributed by atoms with E-state index in [1.54, 1.807) is 11.9 Å². The Morgan fingerprint density at radius 1 is 1.62 bits per heavy atom. The fraction of sp³-hybridized carbons (Fsp3) is 0.889. The summed E-state index contributed by atoms with van der Waals surface area (Å²) >= 11 is 0. The van der Waals surface area contributed by atoms with Crippen LogP contribution in [-0.4, -0.2) is 42.6 Å². The molecule has 1 fully saturated rings. The Labute approximate surface area is 79.0 Å². The summed E-state index contributed by atoms with van der Waals surface area (Å²) in [6, 6.07) is 0.188. The van der Waals surface area contributed by atoms with Crippen LogP contribution >= 0.6 is 0 Å². The van der Waals surface area contributed by atoms with Gasteiger partial charge in [-0.15, -0.1) is 0 Å². The second kappa shape index (κ2) is 3.64. The number of rotatable bonds is 2. The predicted octanol–water partition coefficient (Wildman–Crippen LogP) is -0.0290. The maximum Gasteiger partial charge on any atom is 0.245 e. The van der Waals surface area contributed by atoms with Crippen molar-refractivity contribution in [2.24, 2.45) is 5.73 Å². The van der Waals surface area contributed by atoms with E-state index in [2.05, 4.69) is 0 Å². The Morgan fingerprint density at radius 3 is 2.62 bits per heavy atom. The van der Waals surface area contributed by atoms with Gasteiger partial charge < -0.3 is 15.4 Å². The number of amides is 1. The first kappa shape index (κ1) is 10.5. The van der Waals surface area contributed by atoms with Crippen molar-refractivity contribution in [2.45, 2.75) is 31.8 Å². The number of hydrogen-bond acceptors (Lipinski definition) is 3. The minimum Gasteiger partial charge on any atom is -0.379 e. The third-order valence-corrected chi connectivity index (χ3v) is 2.57. The zero-order chi connectivity index (χ0) is 10.1. The van der Waals surface area contributed by atoms with Gasteiger partial charge in [-0.1, -0.05) is 0 Å². The van der Waals surface area contributed by atoms with Gasteiger partial charge in [0.05, 0.1) is 6.61 Å². The molecule has 0 bridgehead atoms. The monoisotopic (exact) mass is 186 g/mol. The van der Waals surface area contributed by atoms with Crippen LogP contribution < -0.4 is 5.73 Å². The molecule has 0 spiro atoms. The maximum absolute atomic E-state index is 11.8. The summed E-state index contributed by atoms with van der Waals surface area (Å²) in [5, 5.41) is 0. The quantitative estimate of drug-likeness (QED) is 0.659. The van der Waals surface area contributed by atoms with E-state index in [1.165, 1.54) is 0 Å². The molecule has 1 saturated heterocycles. The molecule has 76 valence electrons. The van der Waals surface area contributed by atoms with Crippen LogP contribution in [0.25, 0.3) is 0 Å². The van der Waals surface area contributed by atoms with Crippen molar-refractivity contribution < 1.29 is 9.53 Å². The minimum atomic E-state index is -0.779. The molecule has 1 heterocycles. The van der Waals surface area contributed by atoms with Crippen LogP contribution in [0.5, 0.6) is 0 Å². The molecule has 1 unspecified atom stereocenters. The summed E-state index contributed by atoms with van der Waals surface area (Å²) in [5.74, 6) is -0.0139. The van der Waals surface area contributed by atoms with Crippen LogP contribution in [-0.2, 0) is 9.53 Å². The summed E-state index contributed by atoms with van der Waals surface area (Å²) in [5.41, 5.74) is 5.15. The predicted molar refractivity (Wildman–Crippen MR) is 50.3 cm³/mol. The topological polar surface area (TPSA) is 55.6 Å². The number of nitrogens with two attached hydrogens (primary N) is 1. The number of hydrogen-bond donors (Lipinski definition) is 1. The fourth-order valence-electron chi connectivity index (χ4n) is 1.34. The first-order valence-electron chi connectivity index (χ1n) is 4.61. The maximum atomic E-state index is 11.8. The van der Waals surface area contributed by atoms with E-state index in [4.69, 9.17) is 10.5 Å². The number of likely N-dealkylation sites (N-methyl/N-ethyl adjacent to an activating group) is 1. The van der Waals surface area contributed by atoms with Gasteiger partial charge in [-0.3, -0.25) is 4.79 Å². The largest absolute Gasteiger partial charge is 0.379 e. The van der Waals surface area contributed by atoms with Gasteiger partial charge in [-0.2, -0.15) is 0 Å². The van der Waals surface area contributed by atoms with E-state index in [0.29, 0.717) is 19.6 Å². The Bertz CT molecular complexity index is 198. The van der Waals surface area contributed by atoms with Gasteiger partial charge in [0.25, 0.3) is 0 Å². The minimum absolute atomic E-state index is 0.0139. The molecule has 2 N–H and O–H groups in total. The van der Waals surface area contributed by atoms with Crippen molar-refractivity contribution in [3.63, 3.8) is 0 Å². The molecule has 0 aliphatic carbocycles. The number of nitrogens with zero attached hydrogens (tertiary/aromatic N) is 1. The summed E-state index contributed by atoms with van der Waals surface area (Å²) < 4.78 is 5.14. The molecule has 4 heteroatoms. The highest BCUT2D eigenvalue weighted by atomic mass is 16.5. The van der Waals surface area contributed by atoms with Crippen molar-refractivity contribution in [1.29, 1.82) is 0 Å². The van der Waals surface area contributed by atoms with Gasteiger partial charge in [0.15, 0.2) is 0 Å². The van der Waals surface area contributed by atoms with E-state index in [-0.39, 0.29) is 11.9 Å². The molecule has 0 aromatic heterocycles. The Kier molecular flexibility index (Phi) is 2.93. The third kappa shape index (κ3) is 2.00. The van der Waals surface area contributed by atoms with E-state index in [0.717, 1.165) is 0 Å². The van der Waals surface area contributed by atoms with Crippen LogP contribution in [0.1, 0.15) is 20.3 Å². The molecule has 0 aromatic carbocycles. The van der Waals surface area contributed by atoms with Crippen LogP contribution in [0.3, 0.4) is 0 Å². The van der Waals surface area contributed by atoms with Crippen LogP contribution in [0.15, 0.2) is 0 Å². The molecule has 0 saturated carbocycles. The fourth-order valence-corrected chi connectivity index (χ4v) is 1.34. The SMILES string of the molecule is CC(C)N(C)C(=O)C1(N)CCOC1. The lowest BCUT2D eigenvalue weighted by molar-refractivity contribution is -0.137. The first-order chi connectivity index (χ1) is 5.97. The highest BCUT2D eigenvalue weighted by molar-refractivity contribution is 5.86. The molecule has 1 amide bonds. The van der Waals surface area contributed by atoms with Crippen molar-refractivity contribution in [1.82, 2.24) is 4.90 Å². The molecular formula is C9H18N2O2. The van der Waals surface area contributed by atoms with Gasteiger partial charge >= 0.3 is 0 Å². The molecule has 13 heavy (non-hydrogen) atoms. The second-order valence-electron chi connectivity index (χ2n) is 3.97. The molecule has 1 rings (SSSR count). The number of ether oxygens (including phenoxy) is 1. The number of carbonyl (C=O) groups excluding carboxylic acids is 1. The van der Waals surface area contributed by atoms with Crippen LogP contribution in [0, 0.1) is 0 Å². The molecule has 1 aliphatic heterocycles. The highest BCUT2D eigenvalue weighted by Crippen LogP contribution is 2.18. The lowest BCUT2D eigenvalue weighted by Crippen LogP contribution is -2.56. The zero-order valence-corrected chi connectivity index (χ0v) is 8.54. The van der Waals surface area contributed by atoms with E-state index < -0.39 is 5.54 Å². The van der Waals surface area contributed by atoms with Crippen molar-refractivity contribution >= 4 is 5.91 Å². The average Bonchev–Trinajstić information content (AvgIpc) is 2.50. The summed E-state index contributed by atoms with van der Waals surface area (Å²) in [6.45, 7) is 4.88. The van der Waals surface area contributed by atoms with E-state index >= 15 is 0 Å². The normalized spacial score (nSPS) is 28.1. The molecule has 0 aromatic rings. The van der Waals surface area contributed by atoms with Crippen LogP contribution in [0.4, 0.5) is 0 Å². The lowest BCUT2D eigenvalue weighted by Gasteiger charge is -2.30. The summed E-state index contributed by atoms with van der Waals surface area (Å²) in [6.07, 6.45) is 0.628. The van der Waals surface area contributed by atoms with Gasteiger partial charge in [-0.05, 0) is 20.3 Å². The van der Waals surface area contributed by atoms with Crippen molar-refractivity contribution in [3.8, 4) is 0 Å². The van der Waals surface area contributed by atoms with Gasteiger partial charge in [0.1, 0.15) is 5.54 Å². The van der Waals surface area contributed by atoms with Crippen LogP contribution in [0.2, 0.25) is 0 Å². The summed E-state index contributed by atoms with van der Waals surface area (Å²) in [4.78, 5) is 13.5. The van der Waals surface area contributed by atoms with E-state index in [1.807, 2.05) is 13.8 Å². The van der Waals surface area contributed by atoms with Crippen molar-refractivity contribution in [2.75, 3.05) is 20.3 Å². The van der Waals surface area contributed by atoms with Gasteiger partial charge in [0.2, 0.25) is 5.91 Å². The molecule has 0 radical (unpaired) electrons. The molecule has 1 aliphatic rings. The van der Waals surface area contributed by atoms with Crippen molar-refractivity contribution in [3.05, 3.63) is 0 Å². The molecule has 4 nitrogen and oxygen atoms in total. The highest BCUT2D eigenvalue weighted by Gasteiger charge is 2.40. The Morgan fingerprint density at radius 2 is 2.23 bits per heavy atom. The summed E-state index contributed by atoms with van der Waals surface area (Å²) in [7, 11) is 1.78. The van der Waals surface area contributed by atoms with Gasteiger partial charge in [0, 0.05) is 19.7 Å². The Hall–Kier alpha value is -0.610. The Balaban J connectivity index is 2.65. The third-order valence-electron chi connectivity index (χ3n) is 2.57. The second-order valence-corrected chi connectivity index (χ2v) is 3.97. The van der Waals surface area contributed by atoms with Gasteiger partial charge in [-0.25, -0.2) is 0 Å². The molecular weight excluding hydrogens is 168 g/mol.